The summed E-state index contributed by atoms with van der Waals surface area (Å²) in [7, 11) is -4.56. The van der Waals surface area contributed by atoms with Crippen LogP contribution in [0.4, 0.5) is 0 Å². The quantitative estimate of drug-likeness (QED) is 0.259. The van der Waals surface area contributed by atoms with E-state index in [1.165, 1.54) is 20.2 Å². The van der Waals surface area contributed by atoms with E-state index in [0.29, 0.717) is 12.8 Å². The highest BCUT2D eigenvalue weighted by atomic mass is 32.2. The molecule has 0 spiro atoms. The second-order valence-corrected chi connectivity index (χ2v) is 15.6. The molecular weight excluding hydrogens is 512 g/mol. The Morgan fingerprint density at radius 2 is 1.29 bits per heavy atom. The van der Waals surface area contributed by atoms with Gasteiger partial charge in [-0.25, -0.2) is 8.42 Å². The van der Waals surface area contributed by atoms with Crippen LogP contribution in [0, 0.1) is 16.7 Å². The van der Waals surface area contributed by atoms with Crippen LogP contribution in [0.1, 0.15) is 59.9 Å². The van der Waals surface area contributed by atoms with Crippen molar-refractivity contribution in [3.63, 3.8) is 0 Å². The lowest BCUT2D eigenvalue weighted by Crippen LogP contribution is -2.38. The Hall–Kier alpha value is -2.41. The zero-order valence-electron chi connectivity index (χ0n) is 23.1. The molecule has 2 bridgehead atoms. The molecule has 202 valence electrons. The van der Waals surface area contributed by atoms with Crippen LogP contribution in [0.15, 0.2) is 99.6 Å². The van der Waals surface area contributed by atoms with Crippen LogP contribution < -0.4 is 0 Å². The molecule has 0 aromatic heterocycles. The molecule has 0 amide bonds. The Balaban J connectivity index is 0.000000194. The van der Waals surface area contributed by atoms with E-state index in [-0.39, 0.29) is 33.4 Å². The third-order valence-corrected chi connectivity index (χ3v) is 12.1. The van der Waals surface area contributed by atoms with Crippen molar-refractivity contribution in [2.24, 2.45) is 16.7 Å². The SMILES string of the molecule is CC(C)(C)c1ccccc1[S+](c1ccccc1)c1ccccc1.CC12CCC(C(S(=O)(=O)[O-])C1=O)C2(C)C. The largest absolute Gasteiger partial charge is 0.747 e. The smallest absolute Gasteiger partial charge is 0.170 e. The highest BCUT2D eigenvalue weighted by Crippen LogP contribution is 2.64. The maximum Gasteiger partial charge on any atom is 0.170 e. The molecule has 2 aliphatic carbocycles. The maximum atomic E-state index is 12.0. The van der Waals surface area contributed by atoms with Crippen molar-refractivity contribution in [1.29, 1.82) is 0 Å². The monoisotopic (exact) mass is 550 g/mol. The van der Waals surface area contributed by atoms with Crippen LogP contribution in [0.3, 0.4) is 0 Å². The fraction of sp³-hybridized carbons (Fsp3) is 0.406. The van der Waals surface area contributed by atoms with Crippen LogP contribution in [0.25, 0.3) is 0 Å². The molecule has 0 radical (unpaired) electrons. The van der Waals surface area contributed by atoms with Gasteiger partial charge < -0.3 is 4.55 Å². The summed E-state index contributed by atoms with van der Waals surface area (Å²) in [6.07, 6.45) is 1.37. The van der Waals surface area contributed by atoms with Gasteiger partial charge in [-0.1, -0.05) is 96.1 Å². The van der Waals surface area contributed by atoms with Crippen molar-refractivity contribution in [3.8, 4) is 0 Å². The minimum absolute atomic E-state index is 0.0727. The first-order valence-electron chi connectivity index (χ1n) is 13.1. The Labute approximate surface area is 231 Å². The minimum Gasteiger partial charge on any atom is -0.747 e. The fourth-order valence-corrected chi connectivity index (χ4v) is 9.95. The molecule has 3 atom stereocenters. The van der Waals surface area contributed by atoms with Crippen molar-refractivity contribution in [2.75, 3.05) is 0 Å². The first-order valence-corrected chi connectivity index (χ1v) is 15.8. The topological polar surface area (TPSA) is 74.3 Å². The first-order chi connectivity index (χ1) is 17.7. The van der Waals surface area contributed by atoms with Gasteiger partial charge in [0.05, 0.1) is 10.9 Å². The number of Topliss-reactive ketones (excluding diaryl/α,β-unsaturated/α-hetero) is 1. The molecule has 3 aromatic carbocycles. The lowest BCUT2D eigenvalue weighted by atomic mass is 9.70. The number of fused-ring (bicyclic) bond motifs is 2. The standard InChI is InChI=1S/C22H23S.C10H16O4S/c1-22(2,3)20-16-10-11-17-21(20)23(18-12-6-4-7-13-18)19-14-8-5-9-15-19;1-9(2)6-4-5-10(9,3)8(11)7(6)15(12,13)14/h4-17H,1-3H3;6-7H,4-5H2,1-3H3,(H,12,13,14)/q+1;/p-1. The molecule has 0 saturated heterocycles. The van der Waals surface area contributed by atoms with Crippen molar-refractivity contribution in [1.82, 2.24) is 0 Å². The van der Waals surface area contributed by atoms with E-state index in [0.717, 1.165) is 0 Å². The van der Waals surface area contributed by atoms with E-state index in [1.807, 2.05) is 13.8 Å². The molecule has 3 aromatic rings. The van der Waals surface area contributed by atoms with E-state index >= 15 is 0 Å². The van der Waals surface area contributed by atoms with Gasteiger partial charge in [-0.05, 0) is 59.9 Å². The lowest BCUT2D eigenvalue weighted by molar-refractivity contribution is -0.128. The molecule has 0 aliphatic heterocycles. The molecule has 2 saturated carbocycles. The van der Waals surface area contributed by atoms with Crippen LogP contribution in [-0.2, 0) is 31.2 Å². The molecule has 0 N–H and O–H groups in total. The van der Waals surface area contributed by atoms with Gasteiger partial charge in [0.25, 0.3) is 0 Å². The number of hydrogen-bond acceptors (Lipinski definition) is 4. The van der Waals surface area contributed by atoms with Gasteiger partial charge in [0.2, 0.25) is 0 Å². The molecule has 6 heteroatoms. The van der Waals surface area contributed by atoms with Crippen LogP contribution in [0.5, 0.6) is 0 Å². The van der Waals surface area contributed by atoms with Crippen molar-refractivity contribution < 1.29 is 17.8 Å². The number of ketones is 1. The van der Waals surface area contributed by atoms with E-state index in [1.54, 1.807) is 6.92 Å². The highest BCUT2D eigenvalue weighted by molar-refractivity contribution is 7.97. The average Bonchev–Trinajstić information content (AvgIpc) is 3.18. The number of hydrogen-bond donors (Lipinski definition) is 0. The predicted octanol–water partition coefficient (Wildman–Crippen LogP) is 7.00. The molecule has 38 heavy (non-hydrogen) atoms. The van der Waals surface area contributed by atoms with E-state index in [9.17, 15) is 17.8 Å². The summed E-state index contributed by atoms with van der Waals surface area (Å²) in [5.41, 5.74) is 0.563. The van der Waals surface area contributed by atoms with Gasteiger partial charge in [0.15, 0.2) is 20.5 Å². The fourth-order valence-electron chi connectivity index (χ4n) is 6.10. The predicted molar refractivity (Wildman–Crippen MR) is 153 cm³/mol. The third kappa shape index (κ3) is 5.11. The maximum absolute atomic E-state index is 12.0. The van der Waals surface area contributed by atoms with Gasteiger partial charge in [0.1, 0.15) is 15.4 Å². The second-order valence-electron chi connectivity index (χ2n) is 12.2. The first kappa shape index (κ1) is 28.6. The number of carbonyl (C=O) groups excluding carboxylic acids is 1. The number of carbonyl (C=O) groups is 1. The van der Waals surface area contributed by atoms with Crippen molar-refractivity contribution in [3.05, 3.63) is 90.5 Å². The zero-order valence-corrected chi connectivity index (χ0v) is 24.7. The van der Waals surface area contributed by atoms with E-state index in [2.05, 4.69) is 106 Å². The molecule has 2 fully saturated rings. The molecule has 5 rings (SSSR count). The zero-order chi connectivity index (χ0) is 27.9. The summed E-state index contributed by atoms with van der Waals surface area (Å²) < 4.78 is 33.3. The van der Waals surface area contributed by atoms with Gasteiger partial charge >= 0.3 is 0 Å². The normalized spacial score (nSPS) is 24.3. The van der Waals surface area contributed by atoms with Crippen LogP contribution in [0.2, 0.25) is 0 Å². The summed E-state index contributed by atoms with van der Waals surface area (Å²) >= 11 is 0. The third-order valence-electron chi connectivity index (χ3n) is 8.66. The van der Waals surface area contributed by atoms with E-state index < -0.39 is 20.8 Å². The van der Waals surface area contributed by atoms with Crippen molar-refractivity contribution in [2.45, 2.75) is 79.7 Å². The molecule has 3 unspecified atom stereocenters. The molecule has 2 aliphatic rings. The Morgan fingerprint density at radius 1 is 0.816 bits per heavy atom. The Kier molecular flexibility index (Phi) is 7.74. The van der Waals surface area contributed by atoms with Gasteiger partial charge in [-0.2, -0.15) is 0 Å². The molecule has 4 nitrogen and oxygen atoms in total. The van der Waals surface area contributed by atoms with Crippen LogP contribution >= 0.6 is 0 Å². The van der Waals surface area contributed by atoms with Gasteiger partial charge in [-0.3, -0.25) is 4.79 Å². The summed E-state index contributed by atoms with van der Waals surface area (Å²) in [6, 6.07) is 30.6. The van der Waals surface area contributed by atoms with E-state index in [4.69, 9.17) is 0 Å². The summed E-state index contributed by atoms with van der Waals surface area (Å²) in [5, 5.41) is -1.30. The average molecular weight is 551 g/mol. The minimum atomic E-state index is -4.49. The lowest BCUT2D eigenvalue weighted by Gasteiger charge is -2.32. The van der Waals surface area contributed by atoms with Crippen molar-refractivity contribution >= 4 is 26.8 Å². The molecular formula is C32H38O4S2. The van der Waals surface area contributed by atoms with Gasteiger partial charge in [0, 0.05) is 11.0 Å². The number of rotatable bonds is 4. The van der Waals surface area contributed by atoms with Crippen LogP contribution in [-0.4, -0.2) is 24.0 Å². The summed E-state index contributed by atoms with van der Waals surface area (Å²) in [6.45, 7) is 12.5. The molecule has 0 heterocycles. The highest BCUT2D eigenvalue weighted by Gasteiger charge is 2.67. The summed E-state index contributed by atoms with van der Waals surface area (Å²) in [4.78, 5) is 16.1. The number of benzene rings is 3. The summed E-state index contributed by atoms with van der Waals surface area (Å²) in [5.74, 6) is -0.656. The Morgan fingerprint density at radius 3 is 1.68 bits per heavy atom. The van der Waals surface area contributed by atoms with Gasteiger partial charge in [-0.15, -0.1) is 0 Å². The Bertz CT molecular complexity index is 1350. The second kappa shape index (κ2) is 10.3.